The first kappa shape index (κ1) is 25.7. The van der Waals surface area contributed by atoms with Crippen molar-refractivity contribution in [3.63, 3.8) is 0 Å². The van der Waals surface area contributed by atoms with Gasteiger partial charge in [-0.2, -0.15) is 16.8 Å². The zero-order valence-corrected chi connectivity index (χ0v) is 19.2. The zero-order valence-electron chi connectivity index (χ0n) is 17.6. The quantitative estimate of drug-likeness (QED) is 0.249. The number of non-ortho nitro benzene ring substituents is 2. The minimum Gasteiger partial charge on any atom is -0.496 e. The maximum atomic E-state index is 12.1. The number of hydrogen-bond donors (Lipinski definition) is 2. The molecular formula is C20H15N2O11S2. The van der Waals surface area contributed by atoms with Crippen LogP contribution in [0.3, 0.4) is 0 Å². The molecule has 1 radical (unpaired) electrons. The summed E-state index contributed by atoms with van der Waals surface area (Å²) in [4.78, 5) is 18.8. The number of hydrogen-bond acceptors (Lipinski definition) is 9. The molecule has 0 saturated carbocycles. The van der Waals surface area contributed by atoms with Gasteiger partial charge in [-0.05, 0) is 29.3 Å². The van der Waals surface area contributed by atoms with Crippen molar-refractivity contribution in [3.8, 4) is 16.9 Å². The standard InChI is InChI=1S/C20H15N2O11S2/c1-33-18-10-15(22(25)26)6-7-16(18)17-9-13(8-12-2-4-14(5-3-12)21(23)24)19(34(27,28)29)11-20(17)35(30,31)32/h2-11H,1H3,(H,27,28,29)(H,30,31,32). The van der Waals surface area contributed by atoms with Crippen molar-refractivity contribution < 1.29 is 40.5 Å². The molecule has 0 fully saturated rings. The van der Waals surface area contributed by atoms with Crippen LogP contribution in [-0.4, -0.2) is 42.9 Å². The Kier molecular flexibility index (Phi) is 6.89. The molecule has 0 bridgehead atoms. The maximum absolute atomic E-state index is 12.1. The molecule has 0 aromatic heterocycles. The Labute approximate surface area is 198 Å². The topological polar surface area (TPSA) is 204 Å². The Balaban J connectivity index is 2.32. The average Bonchev–Trinajstić information content (AvgIpc) is 2.77. The lowest BCUT2D eigenvalue weighted by Crippen LogP contribution is -2.09. The summed E-state index contributed by atoms with van der Waals surface area (Å²) < 4.78 is 72.9. The SMILES string of the molecule is COc1cc([N+](=O)[O-])ccc1-c1cc([CH]c2ccc([N+](=O)[O-])cc2)c(S(=O)(=O)O)cc1S(=O)(=O)O. The van der Waals surface area contributed by atoms with E-state index in [0.717, 1.165) is 43.5 Å². The van der Waals surface area contributed by atoms with Gasteiger partial charge in [-0.15, -0.1) is 0 Å². The summed E-state index contributed by atoms with van der Waals surface area (Å²) in [5, 5.41) is 22.0. The molecule has 3 aromatic carbocycles. The molecule has 35 heavy (non-hydrogen) atoms. The molecule has 0 aliphatic carbocycles. The fourth-order valence-electron chi connectivity index (χ4n) is 3.23. The lowest BCUT2D eigenvalue weighted by Gasteiger charge is -2.16. The molecule has 0 amide bonds. The van der Waals surface area contributed by atoms with Crippen molar-refractivity contribution in [3.05, 3.63) is 92.4 Å². The molecular weight excluding hydrogens is 508 g/mol. The summed E-state index contributed by atoms with van der Waals surface area (Å²) >= 11 is 0. The maximum Gasteiger partial charge on any atom is 0.295 e. The molecule has 0 heterocycles. The van der Waals surface area contributed by atoms with E-state index in [9.17, 15) is 46.2 Å². The van der Waals surface area contributed by atoms with E-state index in [1.165, 1.54) is 18.6 Å². The van der Waals surface area contributed by atoms with E-state index in [-0.39, 0.29) is 39.4 Å². The van der Waals surface area contributed by atoms with E-state index < -0.39 is 39.9 Å². The number of ether oxygens (including phenoxy) is 1. The van der Waals surface area contributed by atoms with Crippen molar-refractivity contribution >= 4 is 31.6 Å². The predicted molar refractivity (Wildman–Crippen MR) is 120 cm³/mol. The molecule has 3 rings (SSSR count). The van der Waals surface area contributed by atoms with Crippen LogP contribution >= 0.6 is 0 Å². The van der Waals surface area contributed by atoms with Crippen LogP contribution in [-0.2, 0) is 20.2 Å². The Morgan fingerprint density at radius 3 is 1.80 bits per heavy atom. The summed E-state index contributed by atoms with van der Waals surface area (Å²) in [5.41, 5.74) is -0.960. The Bertz CT molecular complexity index is 1550. The molecule has 3 aromatic rings. The van der Waals surface area contributed by atoms with Crippen LogP contribution in [0.25, 0.3) is 11.1 Å². The number of nitro benzene ring substituents is 2. The van der Waals surface area contributed by atoms with Gasteiger partial charge in [0.1, 0.15) is 10.6 Å². The Morgan fingerprint density at radius 2 is 1.31 bits per heavy atom. The van der Waals surface area contributed by atoms with Crippen LogP contribution < -0.4 is 4.74 Å². The first-order chi connectivity index (χ1) is 16.2. The lowest BCUT2D eigenvalue weighted by molar-refractivity contribution is -0.385. The third-order valence-corrected chi connectivity index (χ3v) is 6.58. The Morgan fingerprint density at radius 1 is 0.771 bits per heavy atom. The zero-order chi connectivity index (χ0) is 26.1. The van der Waals surface area contributed by atoms with Crippen LogP contribution in [0.5, 0.6) is 5.75 Å². The highest BCUT2D eigenvalue weighted by atomic mass is 32.2. The van der Waals surface area contributed by atoms with Crippen molar-refractivity contribution in [2.45, 2.75) is 9.79 Å². The lowest BCUT2D eigenvalue weighted by atomic mass is 9.98. The molecule has 0 aliphatic rings. The minimum absolute atomic E-state index is 0.0500. The highest BCUT2D eigenvalue weighted by molar-refractivity contribution is 7.86. The van der Waals surface area contributed by atoms with Crippen LogP contribution in [0.15, 0.2) is 64.4 Å². The number of nitrogens with zero attached hydrogens (tertiary/aromatic N) is 2. The van der Waals surface area contributed by atoms with Gasteiger partial charge in [-0.25, -0.2) is 0 Å². The molecule has 0 spiro atoms. The summed E-state index contributed by atoms with van der Waals surface area (Å²) in [6, 6.07) is 9.59. The van der Waals surface area contributed by atoms with E-state index in [1.54, 1.807) is 0 Å². The van der Waals surface area contributed by atoms with Crippen molar-refractivity contribution in [2.24, 2.45) is 0 Å². The summed E-state index contributed by atoms with van der Waals surface area (Å²) in [5.74, 6) is -0.162. The van der Waals surface area contributed by atoms with E-state index >= 15 is 0 Å². The first-order valence-corrected chi connectivity index (χ1v) is 12.2. The number of rotatable bonds is 8. The molecule has 0 unspecified atom stereocenters. The second-order valence-electron chi connectivity index (χ2n) is 6.97. The van der Waals surface area contributed by atoms with Crippen molar-refractivity contribution in [1.82, 2.24) is 0 Å². The van der Waals surface area contributed by atoms with Gasteiger partial charge in [0.15, 0.2) is 0 Å². The van der Waals surface area contributed by atoms with Gasteiger partial charge < -0.3 is 4.74 Å². The normalized spacial score (nSPS) is 11.7. The number of benzene rings is 3. The number of methoxy groups -OCH3 is 1. The van der Waals surface area contributed by atoms with Gasteiger partial charge in [0.25, 0.3) is 31.6 Å². The van der Waals surface area contributed by atoms with Gasteiger partial charge in [0, 0.05) is 35.7 Å². The average molecular weight is 523 g/mol. The van der Waals surface area contributed by atoms with Gasteiger partial charge >= 0.3 is 0 Å². The third-order valence-electron chi connectivity index (χ3n) is 4.78. The largest absolute Gasteiger partial charge is 0.496 e. The monoisotopic (exact) mass is 523 g/mol. The molecule has 0 atom stereocenters. The smallest absolute Gasteiger partial charge is 0.295 e. The first-order valence-electron chi connectivity index (χ1n) is 9.27. The third kappa shape index (κ3) is 5.60. The van der Waals surface area contributed by atoms with E-state index in [1.807, 2.05) is 0 Å². The molecule has 15 heteroatoms. The molecule has 0 aliphatic heterocycles. The second kappa shape index (κ2) is 9.38. The minimum atomic E-state index is -5.07. The van der Waals surface area contributed by atoms with E-state index in [0.29, 0.717) is 6.07 Å². The highest BCUT2D eigenvalue weighted by Gasteiger charge is 2.27. The van der Waals surface area contributed by atoms with Gasteiger partial charge in [0.05, 0.1) is 27.9 Å². The summed E-state index contributed by atoms with van der Waals surface area (Å²) in [6.07, 6.45) is 1.20. The Hall–Kier alpha value is -3.92. The predicted octanol–water partition coefficient (Wildman–Crippen LogP) is 3.27. The highest BCUT2D eigenvalue weighted by Crippen LogP contribution is 2.39. The summed E-state index contributed by atoms with van der Waals surface area (Å²) in [7, 11) is -8.94. The van der Waals surface area contributed by atoms with Crippen LogP contribution in [0, 0.1) is 26.6 Å². The van der Waals surface area contributed by atoms with Gasteiger partial charge in [0.2, 0.25) is 0 Å². The second-order valence-corrected chi connectivity index (χ2v) is 9.75. The fraction of sp³-hybridized carbons (Fsp3) is 0.0500. The van der Waals surface area contributed by atoms with Crippen LogP contribution in [0.2, 0.25) is 0 Å². The van der Waals surface area contributed by atoms with Crippen LogP contribution in [0.4, 0.5) is 11.4 Å². The van der Waals surface area contributed by atoms with Gasteiger partial charge in [-0.3, -0.25) is 29.3 Å². The van der Waals surface area contributed by atoms with Crippen molar-refractivity contribution in [2.75, 3.05) is 7.11 Å². The van der Waals surface area contributed by atoms with Crippen molar-refractivity contribution in [1.29, 1.82) is 0 Å². The fourth-order valence-corrected chi connectivity index (χ4v) is 4.70. The molecule has 183 valence electrons. The van der Waals surface area contributed by atoms with Gasteiger partial charge in [-0.1, -0.05) is 12.1 Å². The van der Waals surface area contributed by atoms with Crippen LogP contribution in [0.1, 0.15) is 11.1 Å². The summed E-state index contributed by atoms with van der Waals surface area (Å²) in [6.45, 7) is 0. The molecule has 13 nitrogen and oxygen atoms in total. The molecule has 2 N–H and O–H groups in total. The van der Waals surface area contributed by atoms with E-state index in [4.69, 9.17) is 4.74 Å². The van der Waals surface area contributed by atoms with E-state index in [2.05, 4.69) is 0 Å². The molecule has 0 saturated heterocycles. The number of nitro groups is 2.